The van der Waals surface area contributed by atoms with Crippen LogP contribution in [0, 0.1) is 11.3 Å². The van der Waals surface area contributed by atoms with Crippen LogP contribution in [0.25, 0.3) is 0 Å². The molecule has 0 aliphatic heterocycles. The molecule has 0 amide bonds. The molecule has 0 spiro atoms. The molecule has 2 nitrogen and oxygen atoms in total. The summed E-state index contributed by atoms with van der Waals surface area (Å²) >= 11 is 0. The van der Waals surface area contributed by atoms with Gasteiger partial charge in [0.05, 0.1) is 0 Å². The average Bonchev–Trinajstić information content (AvgIpc) is 2.44. The van der Waals surface area contributed by atoms with Crippen molar-refractivity contribution >= 4 is 0 Å². The topological polar surface area (TPSA) is 23.5 Å². The number of hydrogen-bond acceptors (Lipinski definition) is 2. The Kier molecular flexibility index (Phi) is 8.01. The molecule has 0 bridgehead atoms. The third-order valence-corrected chi connectivity index (χ3v) is 4.89. The van der Waals surface area contributed by atoms with Crippen LogP contribution in [0.5, 0.6) is 0 Å². The van der Waals surface area contributed by atoms with Gasteiger partial charge in [0.25, 0.3) is 0 Å². The van der Waals surface area contributed by atoms with Gasteiger partial charge >= 0.3 is 0 Å². The van der Waals surface area contributed by atoms with E-state index in [-0.39, 0.29) is 5.41 Å². The van der Waals surface area contributed by atoms with Gasteiger partial charge in [-0.05, 0) is 44.7 Å². The van der Waals surface area contributed by atoms with Crippen LogP contribution in [-0.2, 0) is 0 Å². The van der Waals surface area contributed by atoms with E-state index in [2.05, 4.69) is 25.7 Å². The van der Waals surface area contributed by atoms with Gasteiger partial charge in [0, 0.05) is 18.6 Å². The van der Waals surface area contributed by atoms with E-state index in [1.54, 1.807) is 0 Å². The minimum Gasteiger partial charge on any atom is -0.396 e. The summed E-state index contributed by atoms with van der Waals surface area (Å²) in [6.45, 7) is 10.8. The predicted molar refractivity (Wildman–Crippen MR) is 83.4 cm³/mol. The molecule has 19 heavy (non-hydrogen) atoms. The number of nitrogens with zero attached hydrogens (tertiary/aromatic N) is 1. The molecule has 1 aliphatic carbocycles. The summed E-state index contributed by atoms with van der Waals surface area (Å²) in [6.07, 6.45) is 10.2. The third kappa shape index (κ3) is 5.83. The lowest BCUT2D eigenvalue weighted by Crippen LogP contribution is -2.43. The van der Waals surface area contributed by atoms with E-state index >= 15 is 0 Å². The van der Waals surface area contributed by atoms with Crippen LogP contribution in [0.1, 0.15) is 72.1 Å². The van der Waals surface area contributed by atoms with E-state index in [9.17, 15) is 5.11 Å². The summed E-state index contributed by atoms with van der Waals surface area (Å²) in [5.41, 5.74) is 0.202. The molecular weight excluding hydrogens is 234 g/mol. The predicted octanol–water partition coefficient (Wildman–Crippen LogP) is 4.08. The van der Waals surface area contributed by atoms with Gasteiger partial charge in [-0.2, -0.15) is 0 Å². The van der Waals surface area contributed by atoms with Crippen molar-refractivity contribution in [1.82, 2.24) is 4.90 Å². The monoisotopic (exact) mass is 269 g/mol. The Labute approximate surface area is 120 Å². The second-order valence-corrected chi connectivity index (χ2v) is 6.82. The van der Waals surface area contributed by atoms with Gasteiger partial charge < -0.3 is 10.0 Å². The second kappa shape index (κ2) is 8.97. The highest BCUT2D eigenvalue weighted by Gasteiger charge is 2.34. The van der Waals surface area contributed by atoms with Crippen LogP contribution in [0.3, 0.4) is 0 Å². The number of rotatable bonds is 9. The fourth-order valence-corrected chi connectivity index (χ4v) is 3.25. The fourth-order valence-electron chi connectivity index (χ4n) is 3.25. The van der Waals surface area contributed by atoms with Crippen molar-refractivity contribution in [2.45, 2.75) is 72.1 Å². The van der Waals surface area contributed by atoms with Crippen molar-refractivity contribution in [3.05, 3.63) is 0 Å². The van der Waals surface area contributed by atoms with Crippen LogP contribution in [-0.4, -0.2) is 36.2 Å². The summed E-state index contributed by atoms with van der Waals surface area (Å²) in [4.78, 5) is 2.62. The van der Waals surface area contributed by atoms with Gasteiger partial charge in [0.2, 0.25) is 0 Å². The Morgan fingerprint density at radius 3 is 2.00 bits per heavy atom. The van der Waals surface area contributed by atoms with Crippen molar-refractivity contribution in [2.24, 2.45) is 11.3 Å². The first kappa shape index (κ1) is 17.0. The SMILES string of the molecule is CCCCN(CCCC)CC1(CO)CCC(C)CC1. The largest absolute Gasteiger partial charge is 0.396 e. The maximum Gasteiger partial charge on any atom is 0.0499 e. The summed E-state index contributed by atoms with van der Waals surface area (Å²) in [5.74, 6) is 0.861. The molecule has 1 saturated carbocycles. The van der Waals surface area contributed by atoms with Gasteiger partial charge in [-0.3, -0.25) is 0 Å². The Bertz CT molecular complexity index is 213. The van der Waals surface area contributed by atoms with Crippen molar-refractivity contribution < 1.29 is 5.11 Å². The minimum absolute atomic E-state index is 0.202. The first-order chi connectivity index (χ1) is 9.15. The van der Waals surface area contributed by atoms with Gasteiger partial charge in [-0.15, -0.1) is 0 Å². The van der Waals surface area contributed by atoms with E-state index < -0.39 is 0 Å². The zero-order chi connectivity index (χ0) is 14.1. The van der Waals surface area contributed by atoms with Crippen molar-refractivity contribution in [3.63, 3.8) is 0 Å². The van der Waals surface area contributed by atoms with E-state index in [1.165, 1.54) is 64.5 Å². The van der Waals surface area contributed by atoms with Crippen LogP contribution in [0.4, 0.5) is 0 Å². The maximum absolute atomic E-state index is 9.90. The van der Waals surface area contributed by atoms with Crippen LogP contribution in [0.2, 0.25) is 0 Å². The zero-order valence-corrected chi connectivity index (χ0v) is 13.5. The molecule has 0 heterocycles. The average molecular weight is 269 g/mol. The lowest BCUT2D eigenvalue weighted by Gasteiger charge is -2.41. The molecule has 1 aliphatic rings. The number of aliphatic hydroxyl groups excluding tert-OH is 1. The van der Waals surface area contributed by atoms with Crippen molar-refractivity contribution in [3.8, 4) is 0 Å². The Hall–Kier alpha value is -0.0800. The van der Waals surface area contributed by atoms with Gasteiger partial charge in [-0.1, -0.05) is 46.5 Å². The standard InChI is InChI=1S/C17H35NO/c1-4-6-12-18(13-7-5-2)14-17(15-19)10-8-16(3)9-11-17/h16,19H,4-15H2,1-3H3. The Morgan fingerprint density at radius 2 is 1.58 bits per heavy atom. The van der Waals surface area contributed by atoms with Crippen molar-refractivity contribution in [2.75, 3.05) is 26.2 Å². The highest BCUT2D eigenvalue weighted by Crippen LogP contribution is 2.39. The minimum atomic E-state index is 0.202. The normalized spacial score (nSPS) is 27.9. The summed E-state index contributed by atoms with van der Waals surface area (Å²) in [5, 5.41) is 9.90. The smallest absolute Gasteiger partial charge is 0.0499 e. The lowest BCUT2D eigenvalue weighted by molar-refractivity contribution is 0.0284. The maximum atomic E-state index is 9.90. The highest BCUT2D eigenvalue weighted by molar-refractivity contribution is 4.87. The highest BCUT2D eigenvalue weighted by atomic mass is 16.3. The van der Waals surface area contributed by atoms with E-state index in [0.29, 0.717) is 6.61 Å². The molecule has 1 rings (SSSR count). The fraction of sp³-hybridized carbons (Fsp3) is 1.00. The number of unbranched alkanes of at least 4 members (excludes halogenated alkanes) is 2. The van der Waals surface area contributed by atoms with Crippen LogP contribution >= 0.6 is 0 Å². The lowest BCUT2D eigenvalue weighted by atomic mass is 9.71. The summed E-state index contributed by atoms with van der Waals surface area (Å²) in [6, 6.07) is 0. The molecule has 0 aromatic carbocycles. The van der Waals surface area contributed by atoms with E-state index in [0.717, 1.165) is 12.5 Å². The first-order valence-corrected chi connectivity index (χ1v) is 8.49. The third-order valence-electron chi connectivity index (χ3n) is 4.89. The molecule has 0 aromatic rings. The number of aliphatic hydroxyl groups is 1. The quantitative estimate of drug-likeness (QED) is 0.682. The molecule has 0 aromatic heterocycles. The Balaban J connectivity index is 2.52. The van der Waals surface area contributed by atoms with E-state index in [1.807, 2.05) is 0 Å². The number of hydrogen-bond donors (Lipinski definition) is 1. The molecule has 1 N–H and O–H groups in total. The summed E-state index contributed by atoms with van der Waals surface area (Å²) < 4.78 is 0. The molecule has 2 heteroatoms. The van der Waals surface area contributed by atoms with Crippen LogP contribution in [0.15, 0.2) is 0 Å². The van der Waals surface area contributed by atoms with Gasteiger partial charge in [0.15, 0.2) is 0 Å². The summed E-state index contributed by atoms with van der Waals surface area (Å²) in [7, 11) is 0. The molecule has 0 radical (unpaired) electrons. The zero-order valence-electron chi connectivity index (χ0n) is 13.5. The van der Waals surface area contributed by atoms with E-state index in [4.69, 9.17) is 0 Å². The molecular formula is C17H35NO. The van der Waals surface area contributed by atoms with Crippen molar-refractivity contribution in [1.29, 1.82) is 0 Å². The molecule has 0 atom stereocenters. The molecule has 0 unspecified atom stereocenters. The van der Waals surface area contributed by atoms with Crippen LogP contribution < -0.4 is 0 Å². The van der Waals surface area contributed by atoms with Gasteiger partial charge in [-0.25, -0.2) is 0 Å². The van der Waals surface area contributed by atoms with Gasteiger partial charge in [0.1, 0.15) is 0 Å². The second-order valence-electron chi connectivity index (χ2n) is 6.82. The molecule has 114 valence electrons. The molecule has 0 saturated heterocycles. The Morgan fingerprint density at radius 1 is 1.05 bits per heavy atom. The first-order valence-electron chi connectivity index (χ1n) is 8.49. The molecule has 1 fully saturated rings.